The maximum absolute atomic E-state index is 11.9. The van der Waals surface area contributed by atoms with Gasteiger partial charge in [0.2, 0.25) is 11.8 Å². The van der Waals surface area contributed by atoms with Gasteiger partial charge in [-0.25, -0.2) is 9.78 Å². The maximum atomic E-state index is 11.9. The Morgan fingerprint density at radius 2 is 2.14 bits per heavy atom. The number of rotatable bonds is 3. The second kappa shape index (κ2) is 5.51. The van der Waals surface area contributed by atoms with Crippen LogP contribution in [0, 0.1) is 13.8 Å². The van der Waals surface area contributed by atoms with Crippen molar-refractivity contribution in [2.45, 2.75) is 33.2 Å². The highest BCUT2D eigenvalue weighted by Gasteiger charge is 2.35. The van der Waals surface area contributed by atoms with Crippen LogP contribution in [0.3, 0.4) is 0 Å². The van der Waals surface area contributed by atoms with Crippen LogP contribution in [0.25, 0.3) is 0 Å². The molecule has 0 spiro atoms. The van der Waals surface area contributed by atoms with Gasteiger partial charge in [0.05, 0.1) is 6.54 Å². The van der Waals surface area contributed by atoms with Gasteiger partial charge in [0, 0.05) is 5.69 Å². The minimum Gasteiger partial charge on any atom is -0.478 e. The Labute approximate surface area is 122 Å². The molecule has 1 atom stereocenters. The number of carbonyl (C=O) groups excluding carboxylic acids is 2. The summed E-state index contributed by atoms with van der Waals surface area (Å²) in [6.45, 7) is 5.14. The quantitative estimate of drug-likeness (QED) is 0.793. The summed E-state index contributed by atoms with van der Waals surface area (Å²) in [5.74, 6) is -1.83. The van der Waals surface area contributed by atoms with Gasteiger partial charge in [0.1, 0.15) is 17.4 Å². The van der Waals surface area contributed by atoms with Crippen LogP contribution in [-0.4, -0.2) is 40.5 Å². The fourth-order valence-corrected chi connectivity index (χ4v) is 2.58. The van der Waals surface area contributed by atoms with Gasteiger partial charge in [0.15, 0.2) is 0 Å². The molecule has 1 unspecified atom stereocenters. The normalized spacial score (nSPS) is 18.6. The molecular formula is C14H17N3O4. The third-order valence-electron chi connectivity index (χ3n) is 3.45. The predicted molar refractivity (Wildman–Crippen MR) is 75.2 cm³/mol. The molecule has 1 fully saturated rings. The maximum Gasteiger partial charge on any atom is 0.339 e. The smallest absolute Gasteiger partial charge is 0.339 e. The molecule has 1 aliphatic rings. The number of hydrogen-bond acceptors (Lipinski definition) is 5. The minimum atomic E-state index is -1.12. The number of nitrogens with one attached hydrogen (secondary N) is 1. The Bertz CT molecular complexity index is 627. The van der Waals surface area contributed by atoms with E-state index < -0.39 is 23.8 Å². The van der Waals surface area contributed by atoms with E-state index in [0.717, 1.165) is 0 Å². The number of carboxylic acids is 1. The fourth-order valence-electron chi connectivity index (χ4n) is 2.58. The Morgan fingerprint density at radius 3 is 2.71 bits per heavy atom. The molecule has 7 heteroatoms. The molecule has 0 aromatic carbocycles. The minimum absolute atomic E-state index is 0.0292. The average Bonchev–Trinajstić information content (AvgIpc) is 2.36. The third-order valence-corrected chi connectivity index (χ3v) is 3.45. The van der Waals surface area contributed by atoms with Crippen molar-refractivity contribution in [1.29, 1.82) is 0 Å². The van der Waals surface area contributed by atoms with Crippen molar-refractivity contribution in [1.82, 2.24) is 10.3 Å². The standard InChI is InChI=1S/C14H17N3O4/c1-4-9-13(19)16-10(18)6-17(9)12-11(14(20)21)7(2)5-8(3)15-12/h5,9H,4,6H2,1-3H3,(H,20,21)(H,16,18,19). The number of aromatic nitrogens is 1. The van der Waals surface area contributed by atoms with Crippen LogP contribution in [-0.2, 0) is 9.59 Å². The van der Waals surface area contributed by atoms with E-state index in [9.17, 15) is 19.5 Å². The van der Waals surface area contributed by atoms with Gasteiger partial charge in [-0.15, -0.1) is 0 Å². The zero-order chi connectivity index (χ0) is 15.7. The highest BCUT2D eigenvalue weighted by Crippen LogP contribution is 2.26. The summed E-state index contributed by atoms with van der Waals surface area (Å²) < 4.78 is 0. The van der Waals surface area contributed by atoms with E-state index >= 15 is 0 Å². The summed E-state index contributed by atoms with van der Waals surface area (Å²) in [5.41, 5.74) is 1.22. The number of amides is 2. The van der Waals surface area contributed by atoms with E-state index in [0.29, 0.717) is 17.7 Å². The van der Waals surface area contributed by atoms with Crippen LogP contribution < -0.4 is 10.2 Å². The summed E-state index contributed by atoms with van der Waals surface area (Å²) in [4.78, 5) is 40.8. The Balaban J connectivity index is 2.60. The van der Waals surface area contributed by atoms with E-state index in [2.05, 4.69) is 10.3 Å². The number of anilines is 1. The number of nitrogens with zero attached hydrogens (tertiary/aromatic N) is 2. The summed E-state index contributed by atoms with van der Waals surface area (Å²) in [7, 11) is 0. The SMILES string of the molecule is CCC1C(=O)NC(=O)CN1c1nc(C)cc(C)c1C(=O)O. The topological polar surface area (TPSA) is 99.6 Å². The van der Waals surface area contributed by atoms with E-state index in [4.69, 9.17) is 0 Å². The molecule has 0 aliphatic carbocycles. The molecule has 2 rings (SSSR count). The molecule has 1 aromatic rings. The van der Waals surface area contributed by atoms with Gasteiger partial charge >= 0.3 is 5.97 Å². The zero-order valence-corrected chi connectivity index (χ0v) is 12.1. The number of carboxylic acid groups (broad SMARTS) is 1. The monoisotopic (exact) mass is 291 g/mol. The van der Waals surface area contributed by atoms with E-state index in [1.807, 2.05) is 0 Å². The van der Waals surface area contributed by atoms with Crippen molar-refractivity contribution in [3.05, 3.63) is 22.9 Å². The fraction of sp³-hybridized carbons (Fsp3) is 0.429. The highest BCUT2D eigenvalue weighted by atomic mass is 16.4. The van der Waals surface area contributed by atoms with Gasteiger partial charge in [-0.2, -0.15) is 0 Å². The summed E-state index contributed by atoms with van der Waals surface area (Å²) in [6.07, 6.45) is 0.451. The van der Waals surface area contributed by atoms with Crippen molar-refractivity contribution < 1.29 is 19.5 Å². The van der Waals surface area contributed by atoms with E-state index in [1.54, 1.807) is 26.8 Å². The Morgan fingerprint density at radius 1 is 1.48 bits per heavy atom. The molecule has 0 bridgehead atoms. The van der Waals surface area contributed by atoms with Crippen LogP contribution in [0.1, 0.15) is 35.0 Å². The molecular weight excluding hydrogens is 274 g/mol. The molecule has 2 heterocycles. The number of pyridine rings is 1. The zero-order valence-electron chi connectivity index (χ0n) is 12.1. The van der Waals surface area contributed by atoms with Crippen LogP contribution in [0.2, 0.25) is 0 Å². The number of aryl methyl sites for hydroxylation is 2. The van der Waals surface area contributed by atoms with Crippen LogP contribution in [0.4, 0.5) is 5.82 Å². The largest absolute Gasteiger partial charge is 0.478 e. The summed E-state index contributed by atoms with van der Waals surface area (Å²) in [6, 6.07) is 1.06. The van der Waals surface area contributed by atoms with Gasteiger partial charge in [-0.3, -0.25) is 14.9 Å². The molecule has 7 nitrogen and oxygen atoms in total. The summed E-state index contributed by atoms with van der Waals surface area (Å²) >= 11 is 0. The highest BCUT2D eigenvalue weighted by molar-refractivity contribution is 6.06. The first-order chi connectivity index (χ1) is 9.85. The lowest BCUT2D eigenvalue weighted by molar-refractivity contribution is -0.133. The first kappa shape index (κ1) is 15.0. The Hall–Kier alpha value is -2.44. The lowest BCUT2D eigenvalue weighted by Crippen LogP contribution is -2.58. The molecule has 1 saturated heterocycles. The number of piperazine rings is 1. The lowest BCUT2D eigenvalue weighted by atomic mass is 10.0. The van der Waals surface area contributed by atoms with Crippen molar-refractivity contribution in [2.75, 3.05) is 11.4 Å². The third kappa shape index (κ3) is 2.72. The van der Waals surface area contributed by atoms with Gasteiger partial charge < -0.3 is 10.0 Å². The summed E-state index contributed by atoms with van der Waals surface area (Å²) in [5, 5.41) is 11.7. The van der Waals surface area contributed by atoms with Gasteiger partial charge in [-0.1, -0.05) is 6.92 Å². The first-order valence-corrected chi connectivity index (χ1v) is 6.67. The first-order valence-electron chi connectivity index (χ1n) is 6.67. The van der Waals surface area contributed by atoms with Gasteiger partial charge in [0.25, 0.3) is 0 Å². The van der Waals surface area contributed by atoms with Crippen LogP contribution in [0.15, 0.2) is 6.07 Å². The van der Waals surface area contributed by atoms with Crippen molar-refractivity contribution in [2.24, 2.45) is 0 Å². The molecule has 1 aliphatic heterocycles. The molecule has 0 saturated carbocycles. The lowest BCUT2D eigenvalue weighted by Gasteiger charge is -2.35. The molecule has 1 aromatic heterocycles. The van der Waals surface area contributed by atoms with Crippen LogP contribution in [0.5, 0.6) is 0 Å². The average molecular weight is 291 g/mol. The van der Waals surface area contributed by atoms with Crippen molar-refractivity contribution in [3.8, 4) is 0 Å². The second-order valence-electron chi connectivity index (χ2n) is 5.05. The van der Waals surface area contributed by atoms with Gasteiger partial charge in [-0.05, 0) is 31.9 Å². The van der Waals surface area contributed by atoms with E-state index in [-0.39, 0.29) is 17.9 Å². The Kier molecular flexibility index (Phi) is 3.93. The molecule has 2 amide bonds. The molecule has 112 valence electrons. The predicted octanol–water partition coefficient (Wildman–Crippen LogP) is 0.638. The molecule has 0 radical (unpaired) electrons. The van der Waals surface area contributed by atoms with Crippen LogP contribution >= 0.6 is 0 Å². The molecule has 21 heavy (non-hydrogen) atoms. The number of hydrogen-bond donors (Lipinski definition) is 2. The number of aromatic carboxylic acids is 1. The number of imide groups is 1. The van der Waals surface area contributed by atoms with Crippen molar-refractivity contribution in [3.63, 3.8) is 0 Å². The van der Waals surface area contributed by atoms with E-state index in [1.165, 1.54) is 4.90 Å². The number of carbonyl (C=O) groups is 3. The van der Waals surface area contributed by atoms with Crippen molar-refractivity contribution >= 4 is 23.6 Å². The second-order valence-corrected chi connectivity index (χ2v) is 5.05. The molecule has 2 N–H and O–H groups in total.